The highest BCUT2D eigenvalue weighted by Gasteiger charge is 2.37. The maximum absolute atomic E-state index is 12.4. The van der Waals surface area contributed by atoms with Crippen molar-refractivity contribution in [3.63, 3.8) is 0 Å². The van der Waals surface area contributed by atoms with Crippen LogP contribution in [0, 0.1) is 0 Å². The van der Waals surface area contributed by atoms with E-state index >= 15 is 0 Å². The highest BCUT2D eigenvalue weighted by Crippen LogP contribution is 2.32. The molecule has 2 rings (SSSR count). The third-order valence-electron chi connectivity index (χ3n) is 2.53. The van der Waals surface area contributed by atoms with Crippen molar-refractivity contribution in [1.29, 1.82) is 0 Å². The average Bonchev–Trinajstić information content (AvgIpc) is 2.76. The minimum atomic E-state index is -4.64. The Bertz CT molecular complexity index is 737. The Morgan fingerprint density at radius 1 is 1.33 bits per heavy atom. The van der Waals surface area contributed by atoms with Gasteiger partial charge in [-0.05, 0) is 18.6 Å². The Morgan fingerprint density at radius 3 is 2.67 bits per heavy atom. The van der Waals surface area contributed by atoms with Crippen LogP contribution >= 0.6 is 0 Å². The van der Waals surface area contributed by atoms with Crippen LogP contribution in [-0.4, -0.2) is 32.0 Å². The van der Waals surface area contributed by atoms with Gasteiger partial charge < -0.3 is 9.15 Å². The summed E-state index contributed by atoms with van der Waals surface area (Å²) in [7, 11) is -3.06. The molecule has 1 heterocycles. The number of halogens is 3. The van der Waals surface area contributed by atoms with E-state index in [-0.39, 0.29) is 23.5 Å². The lowest BCUT2D eigenvalue weighted by Gasteiger charge is -2.04. The SMILES string of the molecule is CS(=O)(=O)CCCOc1ccc2nc(C(F)(F)F)oc2c1. The number of sulfone groups is 1. The Kier molecular flexibility index (Phi) is 4.13. The van der Waals surface area contributed by atoms with Gasteiger partial charge in [0.1, 0.15) is 21.1 Å². The monoisotopic (exact) mass is 323 g/mol. The van der Waals surface area contributed by atoms with E-state index in [0.29, 0.717) is 12.2 Å². The molecule has 0 spiro atoms. The van der Waals surface area contributed by atoms with Gasteiger partial charge in [-0.3, -0.25) is 0 Å². The second-order valence-electron chi connectivity index (χ2n) is 4.48. The normalized spacial score (nSPS) is 12.8. The number of hydrogen-bond donors (Lipinski definition) is 0. The fraction of sp³-hybridized carbons (Fsp3) is 0.417. The van der Waals surface area contributed by atoms with Gasteiger partial charge in [-0.2, -0.15) is 13.2 Å². The molecule has 0 amide bonds. The molecule has 0 fully saturated rings. The Balaban J connectivity index is 2.05. The van der Waals surface area contributed by atoms with Gasteiger partial charge in [-0.1, -0.05) is 0 Å². The first-order valence-corrected chi connectivity index (χ1v) is 7.99. The highest BCUT2D eigenvalue weighted by atomic mass is 32.2. The van der Waals surface area contributed by atoms with Crippen molar-refractivity contribution in [3.05, 3.63) is 24.1 Å². The predicted molar refractivity (Wildman–Crippen MR) is 68.8 cm³/mol. The number of benzene rings is 1. The van der Waals surface area contributed by atoms with E-state index in [1.54, 1.807) is 0 Å². The molecule has 0 aliphatic carbocycles. The maximum atomic E-state index is 12.4. The summed E-state index contributed by atoms with van der Waals surface area (Å²) >= 11 is 0. The van der Waals surface area contributed by atoms with Crippen LogP contribution in [0.15, 0.2) is 22.6 Å². The summed E-state index contributed by atoms with van der Waals surface area (Å²) in [5, 5.41) is 0. The summed E-state index contributed by atoms with van der Waals surface area (Å²) in [5.41, 5.74) is 0.0359. The molecule has 9 heteroatoms. The fourth-order valence-corrected chi connectivity index (χ4v) is 2.27. The van der Waals surface area contributed by atoms with Crippen molar-refractivity contribution in [3.8, 4) is 5.75 Å². The fourth-order valence-electron chi connectivity index (χ4n) is 1.63. The van der Waals surface area contributed by atoms with Crippen LogP contribution in [0.4, 0.5) is 13.2 Å². The second-order valence-corrected chi connectivity index (χ2v) is 6.74. The lowest BCUT2D eigenvalue weighted by Crippen LogP contribution is -2.07. The van der Waals surface area contributed by atoms with E-state index < -0.39 is 21.9 Å². The average molecular weight is 323 g/mol. The summed E-state index contributed by atoms with van der Waals surface area (Å²) in [4.78, 5) is 3.33. The van der Waals surface area contributed by atoms with Gasteiger partial charge >= 0.3 is 12.1 Å². The zero-order valence-electron chi connectivity index (χ0n) is 11.0. The Labute approximate surface area is 118 Å². The van der Waals surface area contributed by atoms with Crippen LogP contribution in [0.25, 0.3) is 11.1 Å². The molecule has 0 atom stereocenters. The molecule has 116 valence electrons. The standard InChI is InChI=1S/C12H12F3NO4S/c1-21(17,18)6-2-5-19-8-3-4-9-10(7-8)20-11(16-9)12(13,14)15/h3-4,7H,2,5-6H2,1H3. The van der Waals surface area contributed by atoms with Gasteiger partial charge in [0.25, 0.3) is 0 Å². The van der Waals surface area contributed by atoms with Gasteiger partial charge in [0.15, 0.2) is 5.58 Å². The topological polar surface area (TPSA) is 69.4 Å². The van der Waals surface area contributed by atoms with Gasteiger partial charge in [0.05, 0.1) is 12.4 Å². The molecule has 0 aliphatic rings. The van der Waals surface area contributed by atoms with E-state index in [1.165, 1.54) is 18.2 Å². The molecule has 0 saturated carbocycles. The zero-order valence-corrected chi connectivity index (χ0v) is 11.8. The molecule has 0 N–H and O–H groups in total. The first-order valence-electron chi connectivity index (χ1n) is 5.93. The van der Waals surface area contributed by atoms with Crippen LogP contribution in [0.1, 0.15) is 12.3 Å². The van der Waals surface area contributed by atoms with E-state index in [0.717, 1.165) is 6.26 Å². The Morgan fingerprint density at radius 2 is 2.05 bits per heavy atom. The molecule has 2 aromatic rings. The van der Waals surface area contributed by atoms with Crippen molar-refractivity contribution in [2.24, 2.45) is 0 Å². The number of alkyl halides is 3. The first-order chi connectivity index (χ1) is 9.65. The summed E-state index contributed by atoms with van der Waals surface area (Å²) in [6, 6.07) is 4.09. The van der Waals surface area contributed by atoms with Crippen molar-refractivity contribution in [2.75, 3.05) is 18.6 Å². The highest BCUT2D eigenvalue weighted by molar-refractivity contribution is 7.90. The largest absolute Gasteiger partial charge is 0.493 e. The number of fused-ring (bicyclic) bond motifs is 1. The van der Waals surface area contributed by atoms with Crippen molar-refractivity contribution < 1.29 is 30.7 Å². The molecule has 0 unspecified atom stereocenters. The van der Waals surface area contributed by atoms with Crippen molar-refractivity contribution in [2.45, 2.75) is 12.6 Å². The van der Waals surface area contributed by atoms with Gasteiger partial charge in [0.2, 0.25) is 0 Å². The molecule has 0 radical (unpaired) electrons. The molecule has 1 aromatic heterocycles. The molecule has 0 aliphatic heterocycles. The third-order valence-corrected chi connectivity index (χ3v) is 3.56. The molecular weight excluding hydrogens is 311 g/mol. The minimum Gasteiger partial charge on any atom is -0.493 e. The maximum Gasteiger partial charge on any atom is 0.468 e. The summed E-state index contributed by atoms with van der Waals surface area (Å²) in [6.07, 6.45) is -3.23. The first kappa shape index (κ1) is 15.6. The molecule has 21 heavy (non-hydrogen) atoms. The molecule has 1 aromatic carbocycles. The number of nitrogens with zero attached hydrogens (tertiary/aromatic N) is 1. The number of rotatable bonds is 5. The zero-order chi connectivity index (χ0) is 15.7. The van der Waals surface area contributed by atoms with Crippen LogP contribution in [0.3, 0.4) is 0 Å². The van der Waals surface area contributed by atoms with Crippen LogP contribution in [-0.2, 0) is 16.0 Å². The summed E-state index contributed by atoms with van der Waals surface area (Å²) in [6.45, 7) is 0.138. The lowest BCUT2D eigenvalue weighted by molar-refractivity contribution is -0.156. The van der Waals surface area contributed by atoms with E-state index in [1.807, 2.05) is 0 Å². The van der Waals surface area contributed by atoms with Crippen molar-refractivity contribution >= 4 is 20.9 Å². The third kappa shape index (κ3) is 4.35. The van der Waals surface area contributed by atoms with E-state index in [9.17, 15) is 21.6 Å². The molecule has 5 nitrogen and oxygen atoms in total. The number of aromatic nitrogens is 1. The minimum absolute atomic E-state index is 0.0181. The van der Waals surface area contributed by atoms with Gasteiger partial charge in [-0.15, -0.1) is 0 Å². The summed E-state index contributed by atoms with van der Waals surface area (Å²) < 4.78 is 69.1. The van der Waals surface area contributed by atoms with Crippen LogP contribution < -0.4 is 4.74 Å². The van der Waals surface area contributed by atoms with E-state index in [4.69, 9.17) is 4.74 Å². The lowest BCUT2D eigenvalue weighted by atomic mass is 10.3. The Hall–Kier alpha value is -1.77. The quantitative estimate of drug-likeness (QED) is 0.791. The van der Waals surface area contributed by atoms with Gasteiger partial charge in [0, 0.05) is 12.3 Å². The predicted octanol–water partition coefficient (Wildman–Crippen LogP) is 2.66. The van der Waals surface area contributed by atoms with Gasteiger partial charge in [-0.25, -0.2) is 13.4 Å². The molecule has 0 saturated heterocycles. The smallest absolute Gasteiger partial charge is 0.468 e. The second kappa shape index (κ2) is 5.55. The van der Waals surface area contributed by atoms with Crippen molar-refractivity contribution in [1.82, 2.24) is 4.98 Å². The molecule has 0 bridgehead atoms. The van der Waals surface area contributed by atoms with Crippen LogP contribution in [0.2, 0.25) is 0 Å². The number of hydrogen-bond acceptors (Lipinski definition) is 5. The summed E-state index contributed by atoms with van der Waals surface area (Å²) in [5.74, 6) is -1.04. The van der Waals surface area contributed by atoms with E-state index in [2.05, 4.69) is 9.40 Å². The number of ether oxygens (including phenoxy) is 1. The number of oxazole rings is 1. The van der Waals surface area contributed by atoms with Crippen LogP contribution in [0.5, 0.6) is 5.75 Å². The molecular formula is C12H12F3NO4S.